The molecule has 0 spiro atoms. The Bertz CT molecular complexity index is 623. The second-order valence-electron chi connectivity index (χ2n) is 6.31. The Hall–Kier alpha value is -1.72. The largest absolute Gasteiger partial charge is 0.309 e. The van der Waals surface area contributed by atoms with Gasteiger partial charge in [-0.25, -0.2) is 4.39 Å². The number of hydrogen-bond acceptors (Lipinski definition) is 3. The summed E-state index contributed by atoms with van der Waals surface area (Å²) in [6, 6.07) is 9.36. The average molecular weight is 302 g/mol. The van der Waals surface area contributed by atoms with Crippen LogP contribution in [0.2, 0.25) is 0 Å². The van der Waals surface area contributed by atoms with Crippen molar-refractivity contribution in [1.82, 2.24) is 19.6 Å². The zero-order valence-electron chi connectivity index (χ0n) is 13.2. The monoisotopic (exact) mass is 302 g/mol. The molecular formula is C17H23FN4. The summed E-state index contributed by atoms with van der Waals surface area (Å²) in [5.74, 6) is -0.163. The van der Waals surface area contributed by atoms with Gasteiger partial charge in [0.1, 0.15) is 5.82 Å². The van der Waals surface area contributed by atoms with E-state index in [9.17, 15) is 4.39 Å². The third-order valence-electron chi connectivity index (χ3n) is 4.16. The predicted octanol–water partition coefficient (Wildman–Crippen LogP) is 2.53. The molecule has 22 heavy (non-hydrogen) atoms. The quantitative estimate of drug-likeness (QED) is 0.848. The van der Waals surface area contributed by atoms with E-state index in [4.69, 9.17) is 0 Å². The molecule has 5 heteroatoms. The molecule has 0 N–H and O–H groups in total. The summed E-state index contributed by atoms with van der Waals surface area (Å²) in [7, 11) is 4.19. The van der Waals surface area contributed by atoms with Crippen molar-refractivity contribution < 1.29 is 4.39 Å². The molecule has 0 saturated heterocycles. The maximum absolute atomic E-state index is 13.4. The molecule has 1 aromatic heterocycles. The van der Waals surface area contributed by atoms with Crippen LogP contribution < -0.4 is 0 Å². The van der Waals surface area contributed by atoms with Gasteiger partial charge >= 0.3 is 0 Å². The van der Waals surface area contributed by atoms with Crippen LogP contribution in [0.3, 0.4) is 0 Å². The molecule has 1 aliphatic heterocycles. The highest BCUT2D eigenvalue weighted by Gasteiger charge is 2.25. The fraction of sp³-hybridized carbons (Fsp3) is 0.471. The first-order valence-electron chi connectivity index (χ1n) is 7.76. The zero-order chi connectivity index (χ0) is 15.5. The summed E-state index contributed by atoms with van der Waals surface area (Å²) in [6.07, 6.45) is 2.95. The van der Waals surface area contributed by atoms with E-state index in [1.165, 1.54) is 11.8 Å². The van der Waals surface area contributed by atoms with Crippen molar-refractivity contribution in [1.29, 1.82) is 0 Å². The molecule has 1 aromatic carbocycles. The van der Waals surface area contributed by atoms with Gasteiger partial charge in [-0.2, -0.15) is 5.10 Å². The van der Waals surface area contributed by atoms with E-state index in [-0.39, 0.29) is 5.82 Å². The van der Waals surface area contributed by atoms with Crippen molar-refractivity contribution in [3.8, 4) is 0 Å². The normalized spacial score (nSPS) is 18.6. The van der Waals surface area contributed by atoms with Gasteiger partial charge in [0.25, 0.3) is 0 Å². The highest BCUT2D eigenvalue weighted by atomic mass is 19.1. The van der Waals surface area contributed by atoms with Gasteiger partial charge in [0, 0.05) is 25.8 Å². The van der Waals surface area contributed by atoms with Gasteiger partial charge < -0.3 is 4.90 Å². The predicted molar refractivity (Wildman–Crippen MR) is 84.9 cm³/mol. The lowest BCUT2D eigenvalue weighted by molar-refractivity contribution is 0.155. The standard InChI is InChI=1S/C17H23FN4/c1-20(2)9-7-17-13-21(12-16-6-8-19-22(16)17)11-14-4-3-5-15(18)10-14/h3-6,8,10,17H,7,9,11-13H2,1-2H3/t17-/m0/s1. The van der Waals surface area contributed by atoms with Gasteiger partial charge in [0.05, 0.1) is 11.7 Å². The molecule has 0 radical (unpaired) electrons. The Morgan fingerprint density at radius 2 is 2.18 bits per heavy atom. The summed E-state index contributed by atoms with van der Waals surface area (Å²) in [5.41, 5.74) is 2.27. The van der Waals surface area contributed by atoms with E-state index in [2.05, 4.69) is 39.7 Å². The van der Waals surface area contributed by atoms with E-state index in [1.807, 2.05) is 12.3 Å². The number of halogens is 1. The summed E-state index contributed by atoms with van der Waals surface area (Å²) >= 11 is 0. The Labute approximate surface area is 131 Å². The Morgan fingerprint density at radius 3 is 2.95 bits per heavy atom. The summed E-state index contributed by atoms with van der Waals surface area (Å²) in [6.45, 7) is 3.65. The van der Waals surface area contributed by atoms with Crippen LogP contribution in [0.4, 0.5) is 4.39 Å². The molecule has 0 unspecified atom stereocenters. The van der Waals surface area contributed by atoms with E-state index in [0.717, 1.165) is 38.2 Å². The fourth-order valence-corrected chi connectivity index (χ4v) is 3.10. The highest BCUT2D eigenvalue weighted by molar-refractivity contribution is 5.17. The number of nitrogens with zero attached hydrogens (tertiary/aromatic N) is 4. The summed E-state index contributed by atoms with van der Waals surface area (Å²) in [4.78, 5) is 4.58. The Kier molecular flexibility index (Phi) is 4.55. The fourth-order valence-electron chi connectivity index (χ4n) is 3.10. The third-order valence-corrected chi connectivity index (χ3v) is 4.16. The lowest BCUT2D eigenvalue weighted by atomic mass is 10.1. The first kappa shape index (κ1) is 15.2. The number of benzene rings is 1. The smallest absolute Gasteiger partial charge is 0.123 e. The van der Waals surface area contributed by atoms with Crippen molar-refractivity contribution in [2.45, 2.75) is 25.6 Å². The van der Waals surface area contributed by atoms with Crippen LogP contribution in [0, 0.1) is 5.82 Å². The summed E-state index contributed by atoms with van der Waals surface area (Å²) in [5, 5.41) is 4.48. The minimum atomic E-state index is -0.163. The molecule has 2 heterocycles. The number of rotatable bonds is 5. The third kappa shape index (κ3) is 3.54. The number of fused-ring (bicyclic) bond motifs is 1. The van der Waals surface area contributed by atoms with Crippen molar-refractivity contribution in [3.63, 3.8) is 0 Å². The number of aromatic nitrogens is 2. The van der Waals surface area contributed by atoms with Crippen molar-refractivity contribution in [3.05, 3.63) is 53.6 Å². The van der Waals surface area contributed by atoms with Crippen LogP contribution in [-0.4, -0.2) is 46.8 Å². The molecule has 0 bridgehead atoms. The average Bonchev–Trinajstić information content (AvgIpc) is 2.93. The second-order valence-corrected chi connectivity index (χ2v) is 6.31. The molecule has 0 fully saturated rings. The minimum absolute atomic E-state index is 0.163. The summed E-state index contributed by atoms with van der Waals surface area (Å²) < 4.78 is 15.5. The lowest BCUT2D eigenvalue weighted by Gasteiger charge is -2.34. The lowest BCUT2D eigenvalue weighted by Crippen LogP contribution is -2.38. The first-order chi connectivity index (χ1) is 10.6. The molecule has 0 saturated carbocycles. The second kappa shape index (κ2) is 6.58. The zero-order valence-corrected chi connectivity index (χ0v) is 13.2. The van der Waals surface area contributed by atoms with E-state index < -0.39 is 0 Å². The van der Waals surface area contributed by atoms with Gasteiger partial charge in [-0.15, -0.1) is 0 Å². The van der Waals surface area contributed by atoms with Crippen LogP contribution in [0.15, 0.2) is 36.5 Å². The van der Waals surface area contributed by atoms with Gasteiger partial charge in [-0.1, -0.05) is 12.1 Å². The first-order valence-corrected chi connectivity index (χ1v) is 7.76. The van der Waals surface area contributed by atoms with Gasteiger partial charge in [0.15, 0.2) is 0 Å². The van der Waals surface area contributed by atoms with Crippen molar-refractivity contribution in [2.75, 3.05) is 27.2 Å². The van der Waals surface area contributed by atoms with Gasteiger partial charge in [-0.3, -0.25) is 9.58 Å². The topological polar surface area (TPSA) is 24.3 Å². The molecule has 3 rings (SSSR count). The molecule has 1 aliphatic rings. The maximum atomic E-state index is 13.4. The van der Waals surface area contributed by atoms with Crippen LogP contribution >= 0.6 is 0 Å². The van der Waals surface area contributed by atoms with Crippen molar-refractivity contribution in [2.24, 2.45) is 0 Å². The van der Waals surface area contributed by atoms with E-state index in [0.29, 0.717) is 6.04 Å². The maximum Gasteiger partial charge on any atom is 0.123 e. The molecule has 0 amide bonds. The molecule has 118 valence electrons. The SMILES string of the molecule is CN(C)CC[C@H]1CN(Cc2cccc(F)c2)Cc2ccnn21. The minimum Gasteiger partial charge on any atom is -0.309 e. The van der Waals surface area contributed by atoms with Gasteiger partial charge in [-0.05, 0) is 50.8 Å². The van der Waals surface area contributed by atoms with E-state index in [1.54, 1.807) is 12.1 Å². The van der Waals surface area contributed by atoms with E-state index >= 15 is 0 Å². The number of hydrogen-bond donors (Lipinski definition) is 0. The van der Waals surface area contributed by atoms with Crippen LogP contribution in [0.5, 0.6) is 0 Å². The highest BCUT2D eigenvalue weighted by Crippen LogP contribution is 2.24. The van der Waals surface area contributed by atoms with Crippen molar-refractivity contribution >= 4 is 0 Å². The molecular weight excluding hydrogens is 279 g/mol. The molecule has 1 atom stereocenters. The van der Waals surface area contributed by atoms with Crippen LogP contribution in [0.25, 0.3) is 0 Å². The van der Waals surface area contributed by atoms with Gasteiger partial charge in [0.2, 0.25) is 0 Å². The van der Waals surface area contributed by atoms with Crippen LogP contribution in [0.1, 0.15) is 23.7 Å². The van der Waals surface area contributed by atoms with Crippen LogP contribution in [-0.2, 0) is 13.1 Å². The Morgan fingerprint density at radius 1 is 1.32 bits per heavy atom. The Balaban J connectivity index is 1.72. The molecule has 2 aromatic rings. The molecule has 4 nitrogen and oxygen atoms in total. The molecule has 0 aliphatic carbocycles.